The Morgan fingerprint density at radius 1 is 1.25 bits per heavy atom. The van der Waals surface area contributed by atoms with Crippen molar-refractivity contribution in [3.05, 3.63) is 56.8 Å². The van der Waals surface area contributed by atoms with Crippen LogP contribution in [0, 0.1) is 12.7 Å². The van der Waals surface area contributed by atoms with E-state index in [0.29, 0.717) is 27.6 Å². The molecule has 2 N–H and O–H groups in total. The van der Waals surface area contributed by atoms with Crippen LogP contribution in [-0.2, 0) is 0 Å². The van der Waals surface area contributed by atoms with Gasteiger partial charge in [0.1, 0.15) is 17.3 Å². The summed E-state index contributed by atoms with van der Waals surface area (Å²) in [5, 5.41) is 0.604. The second-order valence-electron chi connectivity index (χ2n) is 4.60. The van der Waals surface area contributed by atoms with E-state index in [-0.39, 0.29) is 11.9 Å². The Labute approximate surface area is 130 Å². The standard InChI is InChI=1S/C15H14BrClFNO/c1-8-5-15(11(9(2)19)7-13(8)18)20-14-4-3-10(17)6-12(14)16/h3-7,9H,19H2,1-2H3/t9-/m1/s1. The predicted molar refractivity (Wildman–Crippen MR) is 83.0 cm³/mol. The van der Waals surface area contributed by atoms with Gasteiger partial charge >= 0.3 is 0 Å². The van der Waals surface area contributed by atoms with E-state index in [9.17, 15) is 4.39 Å². The molecule has 2 aromatic rings. The van der Waals surface area contributed by atoms with E-state index in [1.807, 2.05) is 0 Å². The summed E-state index contributed by atoms with van der Waals surface area (Å²) in [6.45, 7) is 3.47. The molecule has 20 heavy (non-hydrogen) atoms. The minimum absolute atomic E-state index is 0.292. The van der Waals surface area contributed by atoms with E-state index in [1.54, 1.807) is 38.1 Å². The van der Waals surface area contributed by atoms with E-state index in [0.717, 1.165) is 4.47 Å². The molecule has 0 radical (unpaired) electrons. The molecule has 0 saturated heterocycles. The van der Waals surface area contributed by atoms with Gasteiger partial charge in [-0.1, -0.05) is 11.6 Å². The maximum absolute atomic E-state index is 13.7. The van der Waals surface area contributed by atoms with Crippen LogP contribution in [0.3, 0.4) is 0 Å². The molecule has 0 aliphatic carbocycles. The van der Waals surface area contributed by atoms with Crippen LogP contribution in [0.5, 0.6) is 11.5 Å². The molecular weight excluding hydrogens is 345 g/mol. The summed E-state index contributed by atoms with van der Waals surface area (Å²) >= 11 is 9.28. The summed E-state index contributed by atoms with van der Waals surface area (Å²) in [5.74, 6) is 0.851. The number of hydrogen-bond acceptors (Lipinski definition) is 2. The average molecular weight is 359 g/mol. The maximum Gasteiger partial charge on any atom is 0.141 e. The first kappa shape index (κ1) is 15.3. The minimum atomic E-state index is -0.328. The molecule has 2 rings (SSSR count). The monoisotopic (exact) mass is 357 g/mol. The van der Waals surface area contributed by atoms with Gasteiger partial charge in [-0.3, -0.25) is 0 Å². The van der Waals surface area contributed by atoms with E-state index in [2.05, 4.69) is 15.9 Å². The van der Waals surface area contributed by atoms with Crippen LogP contribution in [0.1, 0.15) is 24.1 Å². The van der Waals surface area contributed by atoms with Gasteiger partial charge in [0, 0.05) is 16.6 Å². The number of hydrogen-bond donors (Lipinski definition) is 1. The van der Waals surface area contributed by atoms with Gasteiger partial charge in [0.15, 0.2) is 0 Å². The first-order chi connectivity index (χ1) is 9.38. The molecule has 0 fully saturated rings. The molecule has 1 atom stereocenters. The van der Waals surface area contributed by atoms with Gasteiger partial charge in [-0.25, -0.2) is 4.39 Å². The topological polar surface area (TPSA) is 35.2 Å². The number of halogens is 3. The Bertz CT molecular complexity index is 646. The third kappa shape index (κ3) is 3.32. The summed E-state index contributed by atoms with van der Waals surface area (Å²) in [6, 6.07) is 7.94. The van der Waals surface area contributed by atoms with Crippen molar-refractivity contribution in [3.63, 3.8) is 0 Å². The lowest BCUT2D eigenvalue weighted by molar-refractivity contribution is 0.465. The van der Waals surface area contributed by atoms with Crippen molar-refractivity contribution in [1.82, 2.24) is 0 Å². The molecule has 0 heterocycles. The lowest BCUT2D eigenvalue weighted by atomic mass is 10.1. The Morgan fingerprint density at radius 3 is 2.55 bits per heavy atom. The van der Waals surface area contributed by atoms with Crippen molar-refractivity contribution in [2.24, 2.45) is 5.73 Å². The molecular formula is C15H14BrClFNO. The van der Waals surface area contributed by atoms with Crippen LogP contribution < -0.4 is 10.5 Å². The first-order valence-electron chi connectivity index (χ1n) is 6.07. The zero-order valence-electron chi connectivity index (χ0n) is 11.1. The van der Waals surface area contributed by atoms with Crippen molar-refractivity contribution in [1.29, 1.82) is 0 Å². The third-order valence-corrected chi connectivity index (χ3v) is 3.75. The number of benzene rings is 2. The second kappa shape index (κ2) is 6.12. The predicted octanol–water partition coefficient (Wildman–Crippen LogP) is 5.36. The average Bonchev–Trinajstić information content (AvgIpc) is 2.36. The van der Waals surface area contributed by atoms with Gasteiger partial charge in [0.25, 0.3) is 0 Å². The zero-order valence-corrected chi connectivity index (χ0v) is 13.4. The third-order valence-electron chi connectivity index (χ3n) is 2.90. The number of aryl methyl sites for hydroxylation is 1. The second-order valence-corrected chi connectivity index (χ2v) is 5.90. The molecule has 0 unspecified atom stereocenters. The largest absolute Gasteiger partial charge is 0.456 e. The van der Waals surface area contributed by atoms with E-state index < -0.39 is 0 Å². The maximum atomic E-state index is 13.7. The SMILES string of the molecule is Cc1cc(Oc2ccc(Cl)cc2Br)c([C@@H](C)N)cc1F. The Morgan fingerprint density at radius 2 is 1.95 bits per heavy atom. The van der Waals surface area contributed by atoms with Crippen molar-refractivity contribution in [2.45, 2.75) is 19.9 Å². The van der Waals surface area contributed by atoms with Gasteiger partial charge in [-0.2, -0.15) is 0 Å². The summed E-state index contributed by atoms with van der Waals surface area (Å²) in [5.41, 5.74) is 7.00. The Kier molecular flexibility index (Phi) is 4.68. The van der Waals surface area contributed by atoms with Crippen LogP contribution >= 0.6 is 27.5 Å². The van der Waals surface area contributed by atoms with Crippen LogP contribution in [0.4, 0.5) is 4.39 Å². The van der Waals surface area contributed by atoms with Gasteiger partial charge in [-0.15, -0.1) is 0 Å². The molecule has 0 aliphatic heterocycles. The fourth-order valence-electron chi connectivity index (χ4n) is 1.79. The van der Waals surface area contributed by atoms with Crippen molar-refractivity contribution >= 4 is 27.5 Å². The highest BCUT2D eigenvalue weighted by Gasteiger charge is 2.14. The minimum Gasteiger partial charge on any atom is -0.456 e. The Balaban J connectivity index is 2.44. The number of nitrogens with two attached hydrogens (primary N) is 1. The Hall–Kier alpha value is -1.10. The molecule has 0 aromatic heterocycles. The van der Waals surface area contributed by atoms with Crippen LogP contribution in [0.25, 0.3) is 0 Å². The fraction of sp³-hybridized carbons (Fsp3) is 0.200. The molecule has 2 aromatic carbocycles. The molecule has 0 saturated carbocycles. The van der Waals surface area contributed by atoms with Crippen molar-refractivity contribution in [2.75, 3.05) is 0 Å². The van der Waals surface area contributed by atoms with Gasteiger partial charge < -0.3 is 10.5 Å². The van der Waals surface area contributed by atoms with Crippen LogP contribution in [0.2, 0.25) is 5.02 Å². The van der Waals surface area contributed by atoms with Gasteiger partial charge in [0.05, 0.1) is 4.47 Å². The molecule has 0 bridgehead atoms. The first-order valence-corrected chi connectivity index (χ1v) is 7.24. The molecule has 0 amide bonds. The number of rotatable bonds is 3. The number of ether oxygens (including phenoxy) is 1. The normalized spacial score (nSPS) is 12.3. The van der Waals surface area contributed by atoms with Gasteiger partial charge in [0.2, 0.25) is 0 Å². The lowest BCUT2D eigenvalue weighted by Gasteiger charge is -2.16. The van der Waals surface area contributed by atoms with E-state index in [4.69, 9.17) is 22.1 Å². The lowest BCUT2D eigenvalue weighted by Crippen LogP contribution is -2.08. The molecule has 0 spiro atoms. The fourth-order valence-corrected chi connectivity index (χ4v) is 2.55. The zero-order chi connectivity index (χ0) is 14.9. The molecule has 0 aliphatic rings. The highest BCUT2D eigenvalue weighted by Crippen LogP contribution is 2.35. The van der Waals surface area contributed by atoms with Crippen LogP contribution in [-0.4, -0.2) is 0 Å². The molecule has 2 nitrogen and oxygen atoms in total. The van der Waals surface area contributed by atoms with Gasteiger partial charge in [-0.05, 0) is 65.7 Å². The highest BCUT2D eigenvalue weighted by atomic mass is 79.9. The summed E-state index contributed by atoms with van der Waals surface area (Å²) in [6.07, 6.45) is 0. The molecule has 106 valence electrons. The van der Waals surface area contributed by atoms with E-state index in [1.165, 1.54) is 6.07 Å². The smallest absolute Gasteiger partial charge is 0.141 e. The highest BCUT2D eigenvalue weighted by molar-refractivity contribution is 9.10. The van der Waals surface area contributed by atoms with E-state index >= 15 is 0 Å². The van der Waals surface area contributed by atoms with Crippen molar-refractivity contribution in [3.8, 4) is 11.5 Å². The van der Waals surface area contributed by atoms with Crippen molar-refractivity contribution < 1.29 is 9.13 Å². The summed E-state index contributed by atoms with van der Waals surface area (Å²) in [4.78, 5) is 0. The molecule has 5 heteroatoms. The quantitative estimate of drug-likeness (QED) is 0.801. The summed E-state index contributed by atoms with van der Waals surface area (Å²) < 4.78 is 20.2. The van der Waals surface area contributed by atoms with Crippen LogP contribution in [0.15, 0.2) is 34.8 Å². The summed E-state index contributed by atoms with van der Waals surface area (Å²) in [7, 11) is 0.